The second kappa shape index (κ2) is 10.0. The SMILES string of the molecule is O=C(CCN1C(=O)CCC1=O)OCC(=O)N(C1CCCCC1)C1CCCCC1. The number of imide groups is 1. The summed E-state index contributed by atoms with van der Waals surface area (Å²) in [6, 6.07) is 0.533. The molecule has 28 heavy (non-hydrogen) atoms. The number of esters is 1. The molecule has 3 rings (SSSR count). The van der Waals surface area contributed by atoms with E-state index in [1.165, 1.54) is 12.8 Å². The van der Waals surface area contributed by atoms with Crippen LogP contribution in [-0.2, 0) is 23.9 Å². The first-order valence-electron chi connectivity index (χ1n) is 10.9. The van der Waals surface area contributed by atoms with E-state index in [1.807, 2.05) is 4.90 Å². The van der Waals surface area contributed by atoms with Gasteiger partial charge in [-0.2, -0.15) is 0 Å². The minimum atomic E-state index is -0.534. The van der Waals surface area contributed by atoms with Crippen LogP contribution in [0, 0.1) is 0 Å². The molecule has 0 N–H and O–H groups in total. The second-order valence-corrected chi connectivity index (χ2v) is 8.23. The summed E-state index contributed by atoms with van der Waals surface area (Å²) in [5.41, 5.74) is 0. The molecule has 0 unspecified atom stereocenters. The maximum absolute atomic E-state index is 12.9. The molecule has 2 aliphatic carbocycles. The molecular formula is C21H32N2O5. The molecule has 7 heteroatoms. The highest BCUT2D eigenvalue weighted by Gasteiger charge is 2.33. The minimum Gasteiger partial charge on any atom is -0.456 e. The molecule has 7 nitrogen and oxygen atoms in total. The highest BCUT2D eigenvalue weighted by molar-refractivity contribution is 6.02. The Bertz CT molecular complexity index is 560. The quantitative estimate of drug-likeness (QED) is 0.491. The molecule has 1 aliphatic heterocycles. The number of nitrogens with zero attached hydrogens (tertiary/aromatic N) is 2. The summed E-state index contributed by atoms with van der Waals surface area (Å²) >= 11 is 0. The van der Waals surface area contributed by atoms with Crippen molar-refractivity contribution in [2.45, 2.75) is 95.6 Å². The van der Waals surface area contributed by atoms with E-state index in [2.05, 4.69) is 0 Å². The van der Waals surface area contributed by atoms with E-state index in [-0.39, 0.29) is 62.2 Å². The molecule has 0 atom stereocenters. The monoisotopic (exact) mass is 392 g/mol. The van der Waals surface area contributed by atoms with Gasteiger partial charge in [0.25, 0.3) is 5.91 Å². The summed E-state index contributed by atoms with van der Waals surface area (Å²) in [6.45, 7) is -0.201. The van der Waals surface area contributed by atoms with Gasteiger partial charge >= 0.3 is 5.97 Å². The fourth-order valence-corrected chi connectivity index (χ4v) is 4.79. The fraction of sp³-hybridized carbons (Fsp3) is 0.810. The third-order valence-corrected chi connectivity index (χ3v) is 6.28. The molecule has 3 aliphatic rings. The van der Waals surface area contributed by atoms with Crippen molar-refractivity contribution >= 4 is 23.7 Å². The number of amides is 3. The van der Waals surface area contributed by atoms with Crippen LogP contribution in [0.25, 0.3) is 0 Å². The molecule has 1 heterocycles. The average Bonchev–Trinajstić information content (AvgIpc) is 3.04. The Labute approximate surface area is 166 Å². The van der Waals surface area contributed by atoms with Gasteiger partial charge in [-0.25, -0.2) is 0 Å². The maximum atomic E-state index is 12.9. The standard InChI is InChI=1S/C21H32N2O5/c24-18-11-12-19(25)22(18)14-13-21(27)28-15-20(26)23(16-7-3-1-4-8-16)17-9-5-2-6-10-17/h16-17H,1-15H2. The molecule has 1 saturated heterocycles. The van der Waals surface area contributed by atoms with Crippen LogP contribution in [0.15, 0.2) is 0 Å². The fourth-order valence-electron chi connectivity index (χ4n) is 4.79. The van der Waals surface area contributed by atoms with Crippen molar-refractivity contribution < 1.29 is 23.9 Å². The maximum Gasteiger partial charge on any atom is 0.308 e. The molecule has 0 bridgehead atoms. The molecule has 3 amide bonds. The number of carbonyl (C=O) groups excluding carboxylic acids is 4. The molecule has 2 saturated carbocycles. The summed E-state index contributed by atoms with van der Waals surface area (Å²) in [7, 11) is 0. The first-order valence-corrected chi connectivity index (χ1v) is 10.9. The Morgan fingerprint density at radius 2 is 1.36 bits per heavy atom. The van der Waals surface area contributed by atoms with Gasteiger partial charge in [0.1, 0.15) is 0 Å². The van der Waals surface area contributed by atoms with Crippen LogP contribution in [0.5, 0.6) is 0 Å². The lowest BCUT2D eigenvalue weighted by atomic mass is 9.88. The van der Waals surface area contributed by atoms with Gasteiger partial charge in [0.15, 0.2) is 6.61 Å². The number of rotatable bonds is 7. The van der Waals surface area contributed by atoms with Crippen LogP contribution in [0.1, 0.15) is 83.5 Å². The Morgan fingerprint density at radius 3 is 1.86 bits per heavy atom. The topological polar surface area (TPSA) is 84.0 Å². The second-order valence-electron chi connectivity index (χ2n) is 8.23. The third kappa shape index (κ3) is 5.32. The molecule has 0 aromatic rings. The molecule has 0 spiro atoms. The van der Waals surface area contributed by atoms with Gasteiger partial charge in [0.2, 0.25) is 11.8 Å². The Balaban J connectivity index is 1.50. The van der Waals surface area contributed by atoms with Gasteiger partial charge in [-0.05, 0) is 25.7 Å². The predicted molar refractivity (Wildman–Crippen MR) is 102 cm³/mol. The summed E-state index contributed by atoms with van der Waals surface area (Å²) in [6.07, 6.45) is 11.6. The van der Waals surface area contributed by atoms with Gasteiger partial charge in [-0.1, -0.05) is 38.5 Å². The van der Waals surface area contributed by atoms with Crippen molar-refractivity contribution in [2.24, 2.45) is 0 Å². The van der Waals surface area contributed by atoms with E-state index in [0.717, 1.165) is 56.3 Å². The van der Waals surface area contributed by atoms with E-state index in [0.29, 0.717) is 0 Å². The first-order chi connectivity index (χ1) is 13.6. The van der Waals surface area contributed by atoms with Gasteiger partial charge in [0, 0.05) is 31.5 Å². The molecule has 0 aromatic carbocycles. The van der Waals surface area contributed by atoms with Crippen LogP contribution >= 0.6 is 0 Å². The predicted octanol–water partition coefficient (Wildman–Crippen LogP) is 2.56. The van der Waals surface area contributed by atoms with Gasteiger partial charge in [0.05, 0.1) is 6.42 Å². The zero-order chi connectivity index (χ0) is 19.9. The number of hydrogen-bond acceptors (Lipinski definition) is 5. The van der Waals surface area contributed by atoms with Crippen molar-refractivity contribution in [3.05, 3.63) is 0 Å². The van der Waals surface area contributed by atoms with Crippen LogP contribution in [0.3, 0.4) is 0 Å². The molecule has 0 radical (unpaired) electrons. The molecule has 0 aromatic heterocycles. The summed E-state index contributed by atoms with van der Waals surface area (Å²) in [5.74, 6) is -1.11. The van der Waals surface area contributed by atoms with Crippen molar-refractivity contribution in [1.82, 2.24) is 9.80 Å². The summed E-state index contributed by atoms with van der Waals surface area (Å²) < 4.78 is 5.22. The van der Waals surface area contributed by atoms with Crippen molar-refractivity contribution in [3.63, 3.8) is 0 Å². The largest absolute Gasteiger partial charge is 0.456 e. The smallest absolute Gasteiger partial charge is 0.308 e. The van der Waals surface area contributed by atoms with Crippen molar-refractivity contribution in [2.75, 3.05) is 13.2 Å². The Morgan fingerprint density at radius 1 is 0.857 bits per heavy atom. The van der Waals surface area contributed by atoms with E-state index in [4.69, 9.17) is 4.74 Å². The lowest BCUT2D eigenvalue weighted by Gasteiger charge is -2.41. The van der Waals surface area contributed by atoms with Gasteiger partial charge in [-0.15, -0.1) is 0 Å². The lowest BCUT2D eigenvalue weighted by molar-refractivity contribution is -0.155. The van der Waals surface area contributed by atoms with Crippen LogP contribution in [0.2, 0.25) is 0 Å². The number of carbonyl (C=O) groups is 4. The normalized spacial score (nSPS) is 21.8. The van der Waals surface area contributed by atoms with Gasteiger partial charge in [-0.3, -0.25) is 24.1 Å². The lowest BCUT2D eigenvalue weighted by Crippen LogP contribution is -2.50. The van der Waals surface area contributed by atoms with E-state index in [9.17, 15) is 19.2 Å². The molecule has 156 valence electrons. The zero-order valence-corrected chi connectivity index (χ0v) is 16.7. The zero-order valence-electron chi connectivity index (χ0n) is 16.7. The molecular weight excluding hydrogens is 360 g/mol. The summed E-state index contributed by atoms with van der Waals surface area (Å²) in [5, 5.41) is 0. The first kappa shape index (κ1) is 20.8. The van der Waals surface area contributed by atoms with Gasteiger partial charge < -0.3 is 9.64 Å². The molecule has 3 fully saturated rings. The highest BCUT2D eigenvalue weighted by Crippen LogP contribution is 2.30. The third-order valence-electron chi connectivity index (χ3n) is 6.28. The van der Waals surface area contributed by atoms with Crippen LogP contribution in [0.4, 0.5) is 0 Å². The van der Waals surface area contributed by atoms with E-state index < -0.39 is 5.97 Å². The Hall–Kier alpha value is -1.92. The summed E-state index contributed by atoms with van der Waals surface area (Å²) in [4.78, 5) is 51.3. The number of likely N-dealkylation sites (tertiary alicyclic amines) is 1. The highest BCUT2D eigenvalue weighted by atomic mass is 16.5. The number of hydrogen-bond donors (Lipinski definition) is 0. The van der Waals surface area contributed by atoms with Crippen LogP contribution < -0.4 is 0 Å². The van der Waals surface area contributed by atoms with Crippen molar-refractivity contribution in [3.8, 4) is 0 Å². The van der Waals surface area contributed by atoms with Crippen molar-refractivity contribution in [1.29, 1.82) is 0 Å². The minimum absolute atomic E-state index is 0.0413. The Kier molecular flexibility index (Phi) is 7.45. The van der Waals surface area contributed by atoms with E-state index >= 15 is 0 Å². The van der Waals surface area contributed by atoms with E-state index in [1.54, 1.807) is 0 Å². The number of ether oxygens (including phenoxy) is 1. The average molecular weight is 392 g/mol. The van der Waals surface area contributed by atoms with Crippen LogP contribution in [-0.4, -0.2) is 58.7 Å².